The SMILES string of the molecule is CC[C@H]1CC(N)c2cc(C(F)(F)F)ccc2N1C(=O)O. The molecule has 0 radical (unpaired) electrons. The van der Waals surface area contributed by atoms with Crippen molar-refractivity contribution in [3.63, 3.8) is 0 Å². The van der Waals surface area contributed by atoms with Crippen LogP contribution in [0, 0.1) is 0 Å². The number of nitrogens with zero attached hydrogens (tertiary/aromatic N) is 1. The van der Waals surface area contributed by atoms with Crippen molar-refractivity contribution >= 4 is 11.8 Å². The van der Waals surface area contributed by atoms with Gasteiger partial charge in [-0.3, -0.25) is 4.90 Å². The highest BCUT2D eigenvalue weighted by atomic mass is 19.4. The highest BCUT2D eigenvalue weighted by molar-refractivity contribution is 5.89. The van der Waals surface area contributed by atoms with Crippen LogP contribution in [-0.4, -0.2) is 17.2 Å². The molecular formula is C13H15F3N2O2. The van der Waals surface area contributed by atoms with Gasteiger partial charge in [0.2, 0.25) is 0 Å². The molecule has 20 heavy (non-hydrogen) atoms. The molecule has 0 aromatic heterocycles. The third-order valence-electron chi connectivity index (χ3n) is 3.58. The van der Waals surface area contributed by atoms with E-state index in [4.69, 9.17) is 5.73 Å². The Kier molecular flexibility index (Phi) is 3.64. The van der Waals surface area contributed by atoms with E-state index in [9.17, 15) is 23.1 Å². The first-order chi connectivity index (χ1) is 9.25. The van der Waals surface area contributed by atoms with Crippen LogP contribution >= 0.6 is 0 Å². The maximum Gasteiger partial charge on any atom is 0.416 e. The van der Waals surface area contributed by atoms with Gasteiger partial charge >= 0.3 is 12.3 Å². The first kappa shape index (κ1) is 14.6. The van der Waals surface area contributed by atoms with Crippen molar-refractivity contribution in [1.82, 2.24) is 0 Å². The Bertz CT molecular complexity index is 531. The molecule has 1 unspecified atom stereocenters. The summed E-state index contributed by atoms with van der Waals surface area (Å²) in [6, 6.07) is 2.12. The van der Waals surface area contributed by atoms with E-state index in [1.807, 2.05) is 6.92 Å². The molecule has 0 spiro atoms. The van der Waals surface area contributed by atoms with Gasteiger partial charge < -0.3 is 10.8 Å². The smallest absolute Gasteiger partial charge is 0.416 e. The van der Waals surface area contributed by atoms with E-state index in [-0.39, 0.29) is 17.3 Å². The minimum Gasteiger partial charge on any atom is -0.465 e. The van der Waals surface area contributed by atoms with Gasteiger partial charge in [-0.05, 0) is 36.6 Å². The minimum absolute atomic E-state index is 0.229. The summed E-state index contributed by atoms with van der Waals surface area (Å²) in [5, 5.41) is 9.26. The molecule has 1 amide bonds. The molecule has 1 aliphatic heterocycles. The summed E-state index contributed by atoms with van der Waals surface area (Å²) in [5.41, 5.74) is 5.56. The van der Waals surface area contributed by atoms with Gasteiger partial charge in [-0.1, -0.05) is 6.92 Å². The highest BCUT2D eigenvalue weighted by Crippen LogP contribution is 2.40. The summed E-state index contributed by atoms with van der Waals surface area (Å²) in [4.78, 5) is 12.4. The number of alkyl halides is 3. The van der Waals surface area contributed by atoms with Crippen LogP contribution in [-0.2, 0) is 6.18 Å². The van der Waals surface area contributed by atoms with Gasteiger partial charge in [0.1, 0.15) is 0 Å². The fourth-order valence-electron chi connectivity index (χ4n) is 2.58. The molecule has 2 atom stereocenters. The summed E-state index contributed by atoms with van der Waals surface area (Å²) in [7, 11) is 0. The second-order valence-electron chi connectivity index (χ2n) is 4.83. The van der Waals surface area contributed by atoms with Gasteiger partial charge in [0, 0.05) is 12.1 Å². The molecule has 3 N–H and O–H groups in total. The monoisotopic (exact) mass is 288 g/mol. The number of amides is 1. The molecule has 0 fully saturated rings. The van der Waals surface area contributed by atoms with Crippen LogP contribution in [0.1, 0.15) is 36.9 Å². The van der Waals surface area contributed by atoms with Crippen molar-refractivity contribution in [2.75, 3.05) is 4.90 Å². The molecule has 0 bridgehead atoms. The average molecular weight is 288 g/mol. The molecule has 7 heteroatoms. The van der Waals surface area contributed by atoms with Gasteiger partial charge in [-0.2, -0.15) is 13.2 Å². The van der Waals surface area contributed by atoms with Crippen molar-refractivity contribution in [1.29, 1.82) is 0 Å². The minimum atomic E-state index is -4.47. The number of nitrogens with two attached hydrogens (primary N) is 1. The Morgan fingerprint density at radius 2 is 2.15 bits per heavy atom. The third-order valence-corrected chi connectivity index (χ3v) is 3.58. The molecule has 4 nitrogen and oxygen atoms in total. The number of hydrogen-bond donors (Lipinski definition) is 2. The summed E-state index contributed by atoms with van der Waals surface area (Å²) in [6.07, 6.45) is -4.77. The van der Waals surface area contributed by atoms with Gasteiger partial charge in [-0.25, -0.2) is 4.79 Å². The summed E-state index contributed by atoms with van der Waals surface area (Å²) < 4.78 is 38.1. The third kappa shape index (κ3) is 2.45. The molecular weight excluding hydrogens is 273 g/mol. The highest BCUT2D eigenvalue weighted by Gasteiger charge is 2.37. The van der Waals surface area contributed by atoms with Crippen LogP contribution in [0.2, 0.25) is 0 Å². The Morgan fingerprint density at radius 1 is 1.50 bits per heavy atom. The van der Waals surface area contributed by atoms with E-state index >= 15 is 0 Å². The van der Waals surface area contributed by atoms with Crippen molar-refractivity contribution in [3.8, 4) is 0 Å². The molecule has 1 aromatic rings. The predicted octanol–water partition coefficient (Wildman–Crippen LogP) is 3.37. The zero-order valence-corrected chi connectivity index (χ0v) is 10.8. The molecule has 1 aromatic carbocycles. The zero-order chi connectivity index (χ0) is 15.1. The van der Waals surface area contributed by atoms with Gasteiger partial charge in [0.25, 0.3) is 0 Å². The van der Waals surface area contributed by atoms with Gasteiger partial charge in [-0.15, -0.1) is 0 Å². The maximum absolute atomic E-state index is 12.7. The number of rotatable bonds is 1. The molecule has 1 heterocycles. The summed E-state index contributed by atoms with van der Waals surface area (Å²) >= 11 is 0. The first-order valence-corrected chi connectivity index (χ1v) is 6.24. The van der Waals surface area contributed by atoms with Crippen molar-refractivity contribution in [3.05, 3.63) is 29.3 Å². The van der Waals surface area contributed by atoms with Crippen LogP contribution in [0.15, 0.2) is 18.2 Å². The molecule has 0 aliphatic carbocycles. The first-order valence-electron chi connectivity index (χ1n) is 6.24. The number of halogens is 3. The lowest BCUT2D eigenvalue weighted by atomic mass is 9.89. The Hall–Kier alpha value is -1.76. The fraction of sp³-hybridized carbons (Fsp3) is 0.462. The van der Waals surface area contributed by atoms with E-state index in [1.54, 1.807) is 0 Å². The van der Waals surface area contributed by atoms with E-state index in [1.165, 1.54) is 6.07 Å². The topological polar surface area (TPSA) is 66.6 Å². The maximum atomic E-state index is 12.7. The van der Waals surface area contributed by atoms with E-state index < -0.39 is 23.9 Å². The molecule has 0 saturated carbocycles. The molecule has 2 rings (SSSR count). The Balaban J connectivity index is 2.54. The molecule has 1 aliphatic rings. The van der Waals surface area contributed by atoms with Crippen LogP contribution in [0.4, 0.5) is 23.7 Å². The van der Waals surface area contributed by atoms with Crippen LogP contribution < -0.4 is 10.6 Å². The van der Waals surface area contributed by atoms with Crippen molar-refractivity contribution in [2.45, 2.75) is 38.0 Å². The van der Waals surface area contributed by atoms with Gasteiger partial charge in [0.15, 0.2) is 0 Å². The zero-order valence-electron chi connectivity index (χ0n) is 10.8. The second-order valence-corrected chi connectivity index (χ2v) is 4.83. The Labute approximate surface area is 114 Å². The van der Waals surface area contributed by atoms with Gasteiger partial charge in [0.05, 0.1) is 11.3 Å². The average Bonchev–Trinajstić information content (AvgIpc) is 2.36. The van der Waals surface area contributed by atoms with Crippen LogP contribution in [0.5, 0.6) is 0 Å². The molecule has 110 valence electrons. The Morgan fingerprint density at radius 3 is 2.65 bits per heavy atom. The number of hydrogen-bond acceptors (Lipinski definition) is 2. The number of fused-ring (bicyclic) bond motifs is 1. The second kappa shape index (κ2) is 4.97. The molecule has 0 saturated heterocycles. The number of carboxylic acid groups (broad SMARTS) is 1. The van der Waals surface area contributed by atoms with E-state index in [0.29, 0.717) is 12.8 Å². The van der Waals surface area contributed by atoms with Crippen molar-refractivity contribution < 1.29 is 23.1 Å². The quantitative estimate of drug-likeness (QED) is 0.832. The van der Waals surface area contributed by atoms with E-state index in [2.05, 4.69) is 0 Å². The van der Waals surface area contributed by atoms with E-state index in [0.717, 1.165) is 17.0 Å². The van der Waals surface area contributed by atoms with Crippen molar-refractivity contribution in [2.24, 2.45) is 5.73 Å². The lowest BCUT2D eigenvalue weighted by Gasteiger charge is -2.38. The lowest BCUT2D eigenvalue weighted by molar-refractivity contribution is -0.137. The number of anilines is 1. The predicted molar refractivity (Wildman–Crippen MR) is 67.6 cm³/mol. The largest absolute Gasteiger partial charge is 0.465 e. The summed E-state index contributed by atoms with van der Waals surface area (Å²) in [5.74, 6) is 0. The number of benzene rings is 1. The fourth-order valence-corrected chi connectivity index (χ4v) is 2.58. The normalized spacial score (nSPS) is 22.6. The summed E-state index contributed by atoms with van der Waals surface area (Å²) in [6.45, 7) is 1.82. The van der Waals surface area contributed by atoms with Crippen LogP contribution in [0.25, 0.3) is 0 Å². The lowest BCUT2D eigenvalue weighted by Crippen LogP contribution is -2.45. The standard InChI is InChI=1S/C13H15F3N2O2/c1-2-8-6-10(17)9-5-7(13(14,15)16)3-4-11(9)18(8)12(19)20/h3-5,8,10H,2,6,17H2,1H3,(H,19,20)/t8-,10?/m0/s1. The number of carbonyl (C=O) groups is 1. The van der Waals surface area contributed by atoms with Crippen LogP contribution in [0.3, 0.4) is 0 Å².